The highest BCUT2D eigenvalue weighted by Crippen LogP contribution is 2.51. The van der Waals surface area contributed by atoms with E-state index in [0.717, 1.165) is 22.9 Å². The molecule has 1 atom stereocenters. The molecular weight excluding hydrogens is 242 g/mol. The molecule has 1 nitrogen and oxygen atoms in total. The lowest BCUT2D eigenvalue weighted by molar-refractivity contribution is 0.284. The van der Waals surface area contributed by atoms with Crippen LogP contribution in [0.4, 0.5) is 0 Å². The molecule has 2 aliphatic rings. The summed E-state index contributed by atoms with van der Waals surface area (Å²) in [6.07, 6.45) is 3.97. The van der Waals surface area contributed by atoms with Crippen molar-refractivity contribution >= 4 is 11.6 Å². The Morgan fingerprint density at radius 2 is 1.83 bits per heavy atom. The number of nitrogens with one attached hydrogen (secondary N) is 1. The maximum Gasteiger partial charge on any atom is 0.0406 e. The summed E-state index contributed by atoms with van der Waals surface area (Å²) in [7, 11) is 0. The zero-order chi connectivity index (χ0) is 12.8. The van der Waals surface area contributed by atoms with Gasteiger partial charge in [0, 0.05) is 11.1 Å². The lowest BCUT2D eigenvalue weighted by Gasteiger charge is -2.36. The van der Waals surface area contributed by atoms with Crippen molar-refractivity contribution in [3.05, 3.63) is 34.9 Å². The fourth-order valence-corrected chi connectivity index (χ4v) is 3.15. The Labute approximate surface area is 115 Å². The molecule has 98 valence electrons. The van der Waals surface area contributed by atoms with Crippen LogP contribution in [0.2, 0.25) is 5.02 Å². The first-order chi connectivity index (χ1) is 8.54. The van der Waals surface area contributed by atoms with E-state index in [-0.39, 0.29) is 0 Å². The second kappa shape index (κ2) is 4.54. The second-order valence-corrected chi connectivity index (χ2v) is 7.15. The summed E-state index contributed by atoms with van der Waals surface area (Å²) in [4.78, 5) is 0. The summed E-state index contributed by atoms with van der Waals surface area (Å²) in [5.74, 6) is 1.65. The van der Waals surface area contributed by atoms with E-state index in [2.05, 4.69) is 31.3 Å². The molecule has 0 aromatic heterocycles. The van der Waals surface area contributed by atoms with Gasteiger partial charge in [-0.05, 0) is 60.8 Å². The Morgan fingerprint density at radius 3 is 2.39 bits per heavy atom. The lowest BCUT2D eigenvalue weighted by Crippen LogP contribution is -2.41. The number of halogens is 1. The monoisotopic (exact) mass is 263 g/mol. The van der Waals surface area contributed by atoms with Crippen molar-refractivity contribution in [2.24, 2.45) is 11.3 Å². The van der Waals surface area contributed by atoms with Gasteiger partial charge in [-0.1, -0.05) is 37.6 Å². The molecule has 0 amide bonds. The van der Waals surface area contributed by atoms with Crippen molar-refractivity contribution in [1.82, 2.24) is 5.32 Å². The van der Waals surface area contributed by atoms with Gasteiger partial charge in [-0.3, -0.25) is 0 Å². The molecular formula is C16H22ClN. The first kappa shape index (κ1) is 12.5. The Balaban J connectivity index is 1.42. The number of rotatable bonds is 4. The van der Waals surface area contributed by atoms with Gasteiger partial charge in [0.05, 0.1) is 0 Å². The fraction of sp³-hybridized carbons (Fsp3) is 0.625. The average Bonchev–Trinajstić information content (AvgIpc) is 2.87. The molecule has 1 aromatic rings. The van der Waals surface area contributed by atoms with Gasteiger partial charge in [0.2, 0.25) is 0 Å². The first-order valence-electron chi connectivity index (χ1n) is 7.03. The van der Waals surface area contributed by atoms with Gasteiger partial charge in [-0.25, -0.2) is 0 Å². The zero-order valence-corrected chi connectivity index (χ0v) is 12.0. The summed E-state index contributed by atoms with van der Waals surface area (Å²) in [5.41, 5.74) is 2.05. The average molecular weight is 264 g/mol. The van der Waals surface area contributed by atoms with E-state index in [0.29, 0.717) is 5.41 Å². The molecule has 0 aliphatic heterocycles. The molecule has 2 heteroatoms. The Bertz CT molecular complexity index is 417. The molecule has 0 heterocycles. The zero-order valence-electron chi connectivity index (χ0n) is 11.2. The van der Waals surface area contributed by atoms with Crippen molar-refractivity contribution in [1.29, 1.82) is 0 Å². The van der Waals surface area contributed by atoms with Crippen molar-refractivity contribution in [3.8, 4) is 0 Å². The third-order valence-corrected chi connectivity index (χ3v) is 5.10. The molecule has 0 saturated heterocycles. The van der Waals surface area contributed by atoms with E-state index in [1.807, 2.05) is 12.1 Å². The van der Waals surface area contributed by atoms with Crippen LogP contribution in [-0.4, -0.2) is 12.6 Å². The minimum atomic E-state index is 0.603. The molecule has 0 spiro atoms. The molecule has 3 rings (SSSR count). The van der Waals surface area contributed by atoms with Crippen LogP contribution in [0.5, 0.6) is 0 Å². The SMILES string of the molecule is CC1(C)CC1CNC1CC(c2ccc(Cl)cc2)C1. The highest BCUT2D eigenvalue weighted by atomic mass is 35.5. The van der Waals surface area contributed by atoms with E-state index in [4.69, 9.17) is 11.6 Å². The van der Waals surface area contributed by atoms with Crippen molar-refractivity contribution in [2.45, 2.75) is 45.1 Å². The first-order valence-corrected chi connectivity index (χ1v) is 7.41. The summed E-state index contributed by atoms with van der Waals surface area (Å²) >= 11 is 5.91. The summed E-state index contributed by atoms with van der Waals surface area (Å²) in [6.45, 7) is 5.96. The molecule has 1 aromatic carbocycles. The maximum atomic E-state index is 5.91. The van der Waals surface area contributed by atoms with Gasteiger partial charge in [0.1, 0.15) is 0 Å². The standard InChI is InChI=1S/C16H22ClN/c1-16(2)9-13(16)10-18-15-7-12(8-15)11-3-5-14(17)6-4-11/h3-6,12-13,15,18H,7-10H2,1-2H3. The minimum Gasteiger partial charge on any atom is -0.314 e. The summed E-state index contributed by atoms with van der Waals surface area (Å²) in [5, 5.41) is 4.56. The number of benzene rings is 1. The van der Waals surface area contributed by atoms with Gasteiger partial charge in [0.15, 0.2) is 0 Å². The Hall–Kier alpha value is -0.530. The number of hydrogen-bond acceptors (Lipinski definition) is 1. The molecule has 2 aliphatic carbocycles. The molecule has 0 radical (unpaired) electrons. The topological polar surface area (TPSA) is 12.0 Å². The highest BCUT2D eigenvalue weighted by Gasteiger charge is 2.45. The van der Waals surface area contributed by atoms with Crippen molar-refractivity contribution < 1.29 is 0 Å². The van der Waals surface area contributed by atoms with E-state index >= 15 is 0 Å². The van der Waals surface area contributed by atoms with Gasteiger partial charge in [0.25, 0.3) is 0 Å². The molecule has 0 bridgehead atoms. The van der Waals surface area contributed by atoms with Crippen LogP contribution in [0.1, 0.15) is 44.6 Å². The lowest BCUT2D eigenvalue weighted by atomic mass is 9.76. The third-order valence-electron chi connectivity index (χ3n) is 4.85. The van der Waals surface area contributed by atoms with Crippen molar-refractivity contribution in [3.63, 3.8) is 0 Å². The second-order valence-electron chi connectivity index (χ2n) is 6.71. The van der Waals surface area contributed by atoms with E-state index in [1.54, 1.807) is 0 Å². The quantitative estimate of drug-likeness (QED) is 0.858. The Morgan fingerprint density at radius 1 is 1.22 bits per heavy atom. The Kier molecular flexibility index (Phi) is 3.15. The largest absolute Gasteiger partial charge is 0.314 e. The number of hydrogen-bond donors (Lipinski definition) is 1. The molecule has 18 heavy (non-hydrogen) atoms. The molecule has 1 N–H and O–H groups in total. The minimum absolute atomic E-state index is 0.603. The molecule has 2 fully saturated rings. The van der Waals surface area contributed by atoms with Crippen LogP contribution < -0.4 is 5.32 Å². The van der Waals surface area contributed by atoms with E-state index in [9.17, 15) is 0 Å². The van der Waals surface area contributed by atoms with E-state index in [1.165, 1.54) is 31.4 Å². The van der Waals surface area contributed by atoms with Crippen molar-refractivity contribution in [2.75, 3.05) is 6.54 Å². The normalized spacial score (nSPS) is 32.9. The van der Waals surface area contributed by atoms with Crippen LogP contribution in [0.25, 0.3) is 0 Å². The fourth-order valence-electron chi connectivity index (χ4n) is 3.03. The highest BCUT2D eigenvalue weighted by molar-refractivity contribution is 6.30. The van der Waals surface area contributed by atoms with Gasteiger partial charge in [-0.2, -0.15) is 0 Å². The predicted octanol–water partition coefficient (Wildman–Crippen LogP) is 4.22. The molecule has 1 unspecified atom stereocenters. The van der Waals surface area contributed by atoms with E-state index < -0.39 is 0 Å². The van der Waals surface area contributed by atoms with Gasteiger partial charge < -0.3 is 5.32 Å². The third kappa shape index (κ3) is 2.57. The van der Waals surface area contributed by atoms with Gasteiger partial charge in [-0.15, -0.1) is 0 Å². The maximum absolute atomic E-state index is 5.91. The predicted molar refractivity (Wildman–Crippen MR) is 77.1 cm³/mol. The van der Waals surface area contributed by atoms with Crippen LogP contribution in [0.3, 0.4) is 0 Å². The summed E-state index contributed by atoms with van der Waals surface area (Å²) < 4.78 is 0. The van der Waals surface area contributed by atoms with Gasteiger partial charge >= 0.3 is 0 Å². The molecule has 2 saturated carbocycles. The summed E-state index contributed by atoms with van der Waals surface area (Å²) in [6, 6.07) is 9.09. The van der Waals surface area contributed by atoms with Crippen LogP contribution in [0, 0.1) is 11.3 Å². The van der Waals surface area contributed by atoms with Crippen LogP contribution in [0.15, 0.2) is 24.3 Å². The van der Waals surface area contributed by atoms with Crippen LogP contribution >= 0.6 is 11.6 Å². The smallest absolute Gasteiger partial charge is 0.0406 e. The van der Waals surface area contributed by atoms with Crippen LogP contribution in [-0.2, 0) is 0 Å².